The summed E-state index contributed by atoms with van der Waals surface area (Å²) in [6, 6.07) is 63.9. The smallest absolute Gasteiger partial charge is 0.0726 e. The SMILES string of the molecule is [2H]c1cc2c(c([2H])c1[2H])C1(c3ccccc3-c3ccccc31)c1cc(N(c3ccc(-c4ccccc4)cc3)c3ccccc3-c3ccccc3)ccc1-2. The van der Waals surface area contributed by atoms with Crippen LogP contribution in [-0.2, 0) is 5.41 Å². The molecule has 1 spiro atoms. The van der Waals surface area contributed by atoms with Crippen LogP contribution in [-0.4, -0.2) is 0 Å². The van der Waals surface area contributed by atoms with Crippen molar-refractivity contribution in [2.24, 2.45) is 0 Å². The van der Waals surface area contributed by atoms with E-state index in [4.69, 9.17) is 2.74 Å². The van der Waals surface area contributed by atoms with Crippen molar-refractivity contribution in [3.8, 4) is 44.5 Å². The fourth-order valence-corrected chi connectivity index (χ4v) is 8.39. The van der Waals surface area contributed by atoms with Crippen molar-refractivity contribution in [3.63, 3.8) is 0 Å². The molecule has 0 unspecified atom stereocenters. The van der Waals surface area contributed by atoms with Crippen molar-refractivity contribution in [2.45, 2.75) is 5.41 Å². The van der Waals surface area contributed by atoms with Gasteiger partial charge in [-0.2, -0.15) is 0 Å². The zero-order valence-corrected chi connectivity index (χ0v) is 27.3. The summed E-state index contributed by atoms with van der Waals surface area (Å²) in [5, 5.41) is 0. The second-order valence-electron chi connectivity index (χ2n) is 13.0. The molecule has 8 aromatic rings. The summed E-state index contributed by atoms with van der Waals surface area (Å²) >= 11 is 0. The molecule has 1 heteroatoms. The van der Waals surface area contributed by atoms with Crippen LogP contribution < -0.4 is 4.90 Å². The van der Waals surface area contributed by atoms with Crippen LogP contribution in [0.5, 0.6) is 0 Å². The van der Waals surface area contributed by atoms with E-state index in [2.05, 4.69) is 169 Å². The predicted molar refractivity (Wildman–Crippen MR) is 208 cm³/mol. The molecule has 0 amide bonds. The number of hydrogen-bond acceptors (Lipinski definition) is 1. The lowest BCUT2D eigenvalue weighted by Crippen LogP contribution is -2.26. The average molecular weight is 639 g/mol. The Balaban J connectivity index is 1.26. The van der Waals surface area contributed by atoms with Gasteiger partial charge in [-0.25, -0.2) is 0 Å². The molecule has 2 aliphatic rings. The molecule has 0 atom stereocenters. The Morgan fingerprint density at radius 1 is 0.360 bits per heavy atom. The molecule has 1 nitrogen and oxygen atoms in total. The minimum atomic E-state index is -0.823. The molecule has 8 aromatic carbocycles. The Hall–Kier alpha value is -6.44. The molecular formula is C49H33N. The van der Waals surface area contributed by atoms with Gasteiger partial charge in [0.1, 0.15) is 0 Å². The Morgan fingerprint density at radius 2 is 0.880 bits per heavy atom. The van der Waals surface area contributed by atoms with Crippen LogP contribution in [0.4, 0.5) is 17.1 Å². The van der Waals surface area contributed by atoms with Gasteiger partial charge in [-0.05, 0) is 91.5 Å². The van der Waals surface area contributed by atoms with Crippen LogP contribution >= 0.6 is 0 Å². The van der Waals surface area contributed by atoms with Crippen LogP contribution in [0.15, 0.2) is 200 Å². The van der Waals surface area contributed by atoms with Gasteiger partial charge in [-0.1, -0.05) is 170 Å². The molecule has 0 N–H and O–H groups in total. The topological polar surface area (TPSA) is 3.24 Å². The number of anilines is 3. The Morgan fingerprint density at radius 3 is 1.58 bits per heavy atom. The molecular weight excluding hydrogens is 603 g/mol. The summed E-state index contributed by atoms with van der Waals surface area (Å²) < 4.78 is 27.1. The second kappa shape index (κ2) is 11.3. The second-order valence-corrected chi connectivity index (χ2v) is 13.0. The Bertz CT molecular complexity index is 2660. The number of rotatable bonds is 5. The van der Waals surface area contributed by atoms with Gasteiger partial charge in [0.15, 0.2) is 0 Å². The quantitative estimate of drug-likeness (QED) is 0.181. The molecule has 2 aliphatic carbocycles. The summed E-state index contributed by atoms with van der Waals surface area (Å²) in [5.74, 6) is 0. The zero-order valence-electron chi connectivity index (χ0n) is 30.3. The van der Waals surface area contributed by atoms with Crippen LogP contribution in [0, 0.1) is 0 Å². The third-order valence-corrected chi connectivity index (χ3v) is 10.5. The van der Waals surface area contributed by atoms with Crippen molar-refractivity contribution >= 4 is 17.1 Å². The highest BCUT2D eigenvalue weighted by molar-refractivity contribution is 5.97. The highest BCUT2D eigenvalue weighted by Gasteiger charge is 2.51. The molecule has 0 aliphatic heterocycles. The van der Waals surface area contributed by atoms with Crippen molar-refractivity contribution in [1.82, 2.24) is 0 Å². The van der Waals surface area contributed by atoms with Gasteiger partial charge in [0.2, 0.25) is 0 Å². The van der Waals surface area contributed by atoms with E-state index in [1.807, 2.05) is 12.1 Å². The number of nitrogens with zero attached hydrogens (tertiary/aromatic N) is 1. The molecule has 0 radical (unpaired) electrons. The van der Waals surface area contributed by atoms with E-state index in [0.29, 0.717) is 0 Å². The largest absolute Gasteiger partial charge is 0.310 e. The molecule has 10 rings (SSSR count). The maximum atomic E-state index is 9.47. The Labute approximate surface area is 297 Å². The third-order valence-electron chi connectivity index (χ3n) is 10.5. The first-order chi connectivity index (χ1) is 26.1. The summed E-state index contributed by atoms with van der Waals surface area (Å²) in [6.07, 6.45) is 0. The van der Waals surface area contributed by atoms with Gasteiger partial charge in [-0.15, -0.1) is 0 Å². The van der Waals surface area contributed by atoms with E-state index in [1.165, 1.54) is 5.56 Å². The van der Waals surface area contributed by atoms with Crippen molar-refractivity contribution < 1.29 is 4.11 Å². The van der Waals surface area contributed by atoms with Crippen LogP contribution in [0.1, 0.15) is 26.4 Å². The van der Waals surface area contributed by atoms with Gasteiger partial charge in [0, 0.05) is 16.9 Å². The summed E-state index contributed by atoms with van der Waals surface area (Å²) in [6.45, 7) is 0. The molecule has 234 valence electrons. The minimum absolute atomic E-state index is 0.0464. The first kappa shape index (κ1) is 25.6. The minimum Gasteiger partial charge on any atom is -0.310 e. The summed E-state index contributed by atoms with van der Waals surface area (Å²) in [4.78, 5) is 2.34. The van der Waals surface area contributed by atoms with E-state index < -0.39 is 5.41 Å². The fourth-order valence-electron chi connectivity index (χ4n) is 8.39. The molecule has 0 heterocycles. The number of hydrogen-bond donors (Lipinski definition) is 0. The molecule has 0 bridgehead atoms. The monoisotopic (exact) mass is 638 g/mol. The normalized spacial score (nSPS) is 13.8. The van der Waals surface area contributed by atoms with Crippen LogP contribution in [0.3, 0.4) is 0 Å². The summed E-state index contributed by atoms with van der Waals surface area (Å²) in [5.41, 5.74) is 15.0. The average Bonchev–Trinajstić information content (AvgIpc) is 3.68. The van der Waals surface area contributed by atoms with E-state index >= 15 is 0 Å². The van der Waals surface area contributed by atoms with Crippen molar-refractivity contribution in [1.29, 1.82) is 0 Å². The number of fused-ring (bicyclic) bond motifs is 10. The van der Waals surface area contributed by atoms with Gasteiger partial charge in [0.05, 0.1) is 15.2 Å². The lowest BCUT2D eigenvalue weighted by molar-refractivity contribution is 0.793. The van der Waals surface area contributed by atoms with Crippen LogP contribution in [0.2, 0.25) is 0 Å². The third kappa shape index (κ3) is 4.14. The highest BCUT2D eigenvalue weighted by atomic mass is 15.1. The Kier molecular flexibility index (Phi) is 5.79. The first-order valence-corrected chi connectivity index (χ1v) is 17.1. The molecule has 0 fully saturated rings. The highest BCUT2D eigenvalue weighted by Crippen LogP contribution is 2.63. The van der Waals surface area contributed by atoms with Gasteiger partial charge in [0.25, 0.3) is 0 Å². The standard InChI is InChI=1S/C49H33N/c1-3-15-34(16-4-1)35-27-29-37(30-28-35)50(48-26-14-10-19-39(48)36-17-5-2-6-18-36)38-31-32-43-42-22-9-13-25-46(42)49(47(43)33-38)44-23-11-7-20-40(44)41-21-8-12-24-45(41)49/h1-33H/i9D,13D,25D. The fraction of sp³-hybridized carbons (Fsp3) is 0.0204. The lowest BCUT2D eigenvalue weighted by Gasteiger charge is -2.32. The summed E-state index contributed by atoms with van der Waals surface area (Å²) in [7, 11) is 0. The van der Waals surface area contributed by atoms with Gasteiger partial charge >= 0.3 is 0 Å². The molecule has 0 saturated carbocycles. The number of benzene rings is 8. The van der Waals surface area contributed by atoms with Gasteiger partial charge in [-0.3, -0.25) is 0 Å². The molecule has 50 heavy (non-hydrogen) atoms. The maximum absolute atomic E-state index is 9.47. The van der Waals surface area contributed by atoms with Gasteiger partial charge < -0.3 is 4.90 Å². The van der Waals surface area contributed by atoms with E-state index in [1.54, 1.807) is 6.07 Å². The first-order valence-electron chi connectivity index (χ1n) is 18.6. The zero-order chi connectivity index (χ0) is 35.7. The van der Waals surface area contributed by atoms with Crippen LogP contribution in [0.25, 0.3) is 44.5 Å². The lowest BCUT2D eigenvalue weighted by atomic mass is 9.70. The molecule has 0 saturated heterocycles. The maximum Gasteiger partial charge on any atom is 0.0726 e. The number of para-hydroxylation sites is 1. The van der Waals surface area contributed by atoms with E-state index in [9.17, 15) is 1.37 Å². The van der Waals surface area contributed by atoms with E-state index in [-0.39, 0.29) is 18.1 Å². The molecule has 0 aromatic heterocycles. The van der Waals surface area contributed by atoms with Crippen molar-refractivity contribution in [3.05, 3.63) is 222 Å². The predicted octanol–water partition coefficient (Wildman–Crippen LogP) is 12.8. The van der Waals surface area contributed by atoms with E-state index in [0.717, 1.165) is 78.3 Å². The van der Waals surface area contributed by atoms with Crippen molar-refractivity contribution in [2.75, 3.05) is 4.90 Å².